The number of aromatic hydroxyl groups is 1. The Morgan fingerprint density at radius 3 is 1.11 bits per heavy atom. The minimum absolute atomic E-state index is 0.0205. The average Bonchev–Trinajstić information content (AvgIpc) is 1.67. The number of nitrogens with zero attached hydrogens (tertiary/aromatic N) is 1. The number of carbonyl (C=O) groups excluding carboxylic acids is 16. The van der Waals surface area contributed by atoms with Crippen LogP contribution in [0.4, 0.5) is 0 Å². The molecule has 46 nitrogen and oxygen atoms in total. The molecule has 0 bridgehead atoms. The summed E-state index contributed by atoms with van der Waals surface area (Å²) in [4.78, 5) is 280. The minimum atomic E-state index is -2.07. The fourth-order valence-corrected chi connectivity index (χ4v) is 15.5. The molecule has 1 aliphatic heterocycles. The molecule has 1 aliphatic rings. The molecule has 30 N–H and O–H groups in total. The molecule has 47 heteroatoms. The van der Waals surface area contributed by atoms with Gasteiger partial charge in [0, 0.05) is 58.0 Å². The van der Waals surface area contributed by atoms with E-state index in [0.29, 0.717) is 53.8 Å². The minimum Gasteiger partial charge on any atom is -0.508 e. The van der Waals surface area contributed by atoms with Gasteiger partial charge in [-0.1, -0.05) is 131 Å². The number of hydrogen-bond donors (Lipinski definition) is 25. The largest absolute Gasteiger partial charge is 0.508 e. The molecule has 0 spiro atoms. The Bertz CT molecular complexity index is 4890. The summed E-state index contributed by atoms with van der Waals surface area (Å²) in [5.41, 5.74) is 29.6. The molecular formula is C93H133N21O25S. The molecule has 0 aliphatic carbocycles. The third kappa shape index (κ3) is 42.7. The van der Waals surface area contributed by atoms with Crippen LogP contribution in [-0.2, 0) is 122 Å². The number of hydrogen-bond acceptors (Lipinski definition) is 25. The molecular weight excluding hydrogens is 1840 g/mol. The Morgan fingerprint density at radius 2 is 0.736 bits per heavy atom. The van der Waals surface area contributed by atoms with Crippen LogP contribution in [0.1, 0.15) is 166 Å². The van der Waals surface area contributed by atoms with Crippen LogP contribution < -0.4 is 103 Å². The fourth-order valence-electron chi connectivity index (χ4n) is 15.0. The highest BCUT2D eigenvalue weighted by atomic mass is 32.2. The first kappa shape index (κ1) is 116. The quantitative estimate of drug-likeness (QED) is 0.0119. The van der Waals surface area contributed by atoms with Crippen LogP contribution in [0.15, 0.2) is 115 Å². The van der Waals surface area contributed by atoms with Gasteiger partial charge >= 0.3 is 23.9 Å². The molecule has 4 aromatic rings. The summed E-state index contributed by atoms with van der Waals surface area (Å²) in [7, 11) is 0. The molecule has 0 aromatic heterocycles. The maximum Gasteiger partial charge on any atom is 0.326 e. The van der Waals surface area contributed by atoms with Gasteiger partial charge in [-0.15, -0.1) is 0 Å². The molecule has 15 atom stereocenters. The zero-order chi connectivity index (χ0) is 104. The van der Waals surface area contributed by atoms with E-state index < -0.39 is 278 Å². The molecule has 140 heavy (non-hydrogen) atoms. The van der Waals surface area contributed by atoms with Crippen molar-refractivity contribution in [3.63, 3.8) is 0 Å². The number of phenols is 1. The summed E-state index contributed by atoms with van der Waals surface area (Å²) in [5.74, 6) is -24.1. The molecule has 0 unspecified atom stereocenters. The first-order valence-corrected chi connectivity index (χ1v) is 47.4. The van der Waals surface area contributed by atoms with Crippen LogP contribution in [0.2, 0.25) is 0 Å². The number of thioether (sulfide) groups is 1. The van der Waals surface area contributed by atoms with Crippen molar-refractivity contribution >= 4 is 136 Å². The third-order valence-corrected chi connectivity index (χ3v) is 23.0. The van der Waals surface area contributed by atoms with Gasteiger partial charge in [-0.2, -0.15) is 11.8 Å². The summed E-state index contributed by atoms with van der Waals surface area (Å²) in [6, 6.07) is 4.84. The van der Waals surface area contributed by atoms with Crippen molar-refractivity contribution in [2.45, 2.75) is 260 Å². The van der Waals surface area contributed by atoms with Gasteiger partial charge in [-0.05, 0) is 148 Å². The van der Waals surface area contributed by atoms with Crippen LogP contribution in [0.25, 0.3) is 0 Å². The normalized spacial score (nSPS) is 15.2. The van der Waals surface area contributed by atoms with Crippen molar-refractivity contribution in [3.05, 3.63) is 138 Å². The van der Waals surface area contributed by atoms with Crippen molar-refractivity contribution in [1.29, 1.82) is 5.41 Å². The van der Waals surface area contributed by atoms with Gasteiger partial charge in [0.25, 0.3) is 0 Å². The summed E-state index contributed by atoms with van der Waals surface area (Å²) >= 11 is 1.34. The lowest BCUT2D eigenvalue weighted by Crippen LogP contribution is -2.61. The summed E-state index contributed by atoms with van der Waals surface area (Å²) in [5, 5.41) is 93.1. The molecule has 4 aromatic carbocycles. The number of phenolic OH excluding ortho intramolecular Hbond substituents is 1. The number of unbranched alkanes of at least 4 members (excludes halogenated alkanes) is 1. The van der Waals surface area contributed by atoms with E-state index in [-0.39, 0.29) is 89.5 Å². The van der Waals surface area contributed by atoms with Gasteiger partial charge in [-0.3, -0.25) is 96.5 Å². The fraction of sp³-hybridized carbons (Fsp3) is 0.516. The summed E-state index contributed by atoms with van der Waals surface area (Å²) in [6.45, 7) is 6.86. The van der Waals surface area contributed by atoms with Crippen LogP contribution >= 0.6 is 11.8 Å². The van der Waals surface area contributed by atoms with E-state index in [1.807, 2.05) is 0 Å². The molecule has 766 valence electrons. The molecule has 0 radical (unpaired) electrons. The Hall–Kier alpha value is -14.4. The Balaban J connectivity index is 1.44. The monoisotopic (exact) mass is 1980 g/mol. The van der Waals surface area contributed by atoms with Gasteiger partial charge in [0.1, 0.15) is 90.3 Å². The molecule has 16 amide bonds. The van der Waals surface area contributed by atoms with Crippen LogP contribution in [-0.4, -0.2) is 277 Å². The molecule has 5 rings (SSSR count). The topological polar surface area (TPSA) is 768 Å². The number of guanidine groups is 1. The molecule has 1 heterocycles. The van der Waals surface area contributed by atoms with Gasteiger partial charge in [0.05, 0.1) is 18.9 Å². The van der Waals surface area contributed by atoms with Gasteiger partial charge in [0.2, 0.25) is 94.5 Å². The first-order chi connectivity index (χ1) is 66.3. The van der Waals surface area contributed by atoms with E-state index in [2.05, 4.69) is 74.4 Å². The number of rotatable bonds is 64. The van der Waals surface area contributed by atoms with Crippen molar-refractivity contribution in [2.75, 3.05) is 31.6 Å². The molecule has 1 fully saturated rings. The predicted molar refractivity (Wildman–Crippen MR) is 510 cm³/mol. The number of likely N-dealkylation sites (tertiary alicyclic amines) is 1. The number of carbonyl (C=O) groups is 20. The van der Waals surface area contributed by atoms with Crippen LogP contribution in [0.5, 0.6) is 5.75 Å². The number of benzene rings is 4. The zero-order valence-corrected chi connectivity index (χ0v) is 79.6. The SMILES string of the molecule is CSCC[C@H](NC(=O)[C@H](Cc1ccccc1)NC(=O)[C@H](CCC(N)=O)NC(=O)[C@H](Cc1ccccc1)NC(=O)[C@H](CC(=O)O)NC(=O)[C@H](CC(C)C)NC(=O)[C@H](CC(C)C)NC(=O)[C@H](Cc1ccccc1)NC(=O)[C@H](CCC(=O)O)NC(=O)[C@H](CCCNC(=N)N)NC(=O)[C@H](CC(=O)O)NC(=O)[C@H](Cc1ccc(O)cc1)NC(=O)[C@@H](N)CCC(N)=O)C(=O)N1CCC[C@H]1C(=O)N[C@@H](CCCCN)C(=O)O. The standard InChI is InChI=1S/C93H133N21O25S/c1-51(2)43-64(108-87(133)69(47-55-23-13-8-14-24-55)110-81(127)61(34-37-75(118)119)102-79(125)59(26-17-40-100-93(98)99)101-88(134)70(49-76(120)121)113-86(132)66(48-56-28-30-57(115)31-29-56)106-78(124)58(95)32-35-73(96)116)82(128)107-65(44-52(3)4)83(129)112-71(50-77(122)123)89(135)111-67(45-53-19-9-6-10-20-53)84(130)103-60(33-36-74(97)117)80(126)109-68(46-54-21-11-7-12-22-54)85(131)104-62(38-42-140-5)91(137)114-41-18-27-72(114)90(136)105-63(92(138)139)25-15-16-39-94/h6-14,19-24,28-31,51-52,58-72,115H,15-18,25-27,32-50,94-95H2,1-5H3,(H2,96,116)(H2,97,117)(H,101,134)(H,102,125)(H,103,130)(H,104,131)(H,105,136)(H,106,124)(H,107,128)(H,108,133)(H,109,126)(H,110,127)(H,111,135)(H,112,129)(H,113,132)(H,118,119)(H,120,121)(H,122,123)(H,138,139)(H4,98,99,100)/t58-,59-,60-,61-,62-,63-,64-,65-,66-,67-,68-,69-,70-,71-,72-/m0/s1. The maximum absolute atomic E-state index is 15.1. The van der Waals surface area contributed by atoms with Crippen molar-refractivity contribution in [3.8, 4) is 5.75 Å². The van der Waals surface area contributed by atoms with E-state index in [1.165, 1.54) is 40.9 Å². The highest BCUT2D eigenvalue weighted by molar-refractivity contribution is 7.98. The lowest BCUT2D eigenvalue weighted by molar-refractivity contribution is -0.145. The lowest BCUT2D eigenvalue weighted by atomic mass is 9.98. The summed E-state index contributed by atoms with van der Waals surface area (Å²) in [6.07, 6.45) is -4.57. The second kappa shape index (κ2) is 60.4. The number of carboxylic acids is 4. The van der Waals surface area contributed by atoms with Crippen molar-refractivity contribution in [2.24, 2.45) is 40.5 Å². The van der Waals surface area contributed by atoms with E-state index in [4.69, 9.17) is 34.1 Å². The van der Waals surface area contributed by atoms with Gasteiger partial charge < -0.3 is 134 Å². The number of carboxylic acid groups (broad SMARTS) is 4. The van der Waals surface area contributed by atoms with Gasteiger partial charge in [0.15, 0.2) is 5.96 Å². The summed E-state index contributed by atoms with van der Waals surface area (Å²) < 4.78 is 0. The van der Waals surface area contributed by atoms with Crippen LogP contribution in [0.3, 0.4) is 0 Å². The predicted octanol–water partition coefficient (Wildman–Crippen LogP) is -3.05. The number of nitrogens with two attached hydrogens (primary N) is 5. The zero-order valence-electron chi connectivity index (χ0n) is 78.8. The Labute approximate surface area is 813 Å². The second-order valence-corrected chi connectivity index (χ2v) is 35.8. The Morgan fingerprint density at radius 1 is 0.393 bits per heavy atom. The van der Waals surface area contributed by atoms with E-state index in [1.54, 1.807) is 125 Å². The highest BCUT2D eigenvalue weighted by Gasteiger charge is 2.43. The number of nitrogens with one attached hydrogen (secondary N) is 15. The smallest absolute Gasteiger partial charge is 0.326 e. The maximum atomic E-state index is 15.1. The lowest BCUT2D eigenvalue weighted by Gasteiger charge is -2.31. The van der Waals surface area contributed by atoms with Crippen LogP contribution in [0, 0.1) is 17.2 Å². The number of aliphatic carboxylic acids is 4. The first-order valence-electron chi connectivity index (χ1n) is 46.0. The van der Waals surface area contributed by atoms with E-state index in [9.17, 15) is 112 Å². The molecule has 0 saturated carbocycles. The highest BCUT2D eigenvalue weighted by Crippen LogP contribution is 2.23. The van der Waals surface area contributed by atoms with Gasteiger partial charge in [-0.25, -0.2) is 4.79 Å². The number of amides is 16. The Kier molecular flexibility index (Phi) is 50.1. The average molecular weight is 1980 g/mol. The third-order valence-electron chi connectivity index (χ3n) is 22.3. The van der Waals surface area contributed by atoms with E-state index in [0.717, 1.165) is 0 Å². The second-order valence-electron chi connectivity index (χ2n) is 34.8. The van der Waals surface area contributed by atoms with Crippen molar-refractivity contribution in [1.82, 2.24) is 79.3 Å². The number of primary amides is 2. The van der Waals surface area contributed by atoms with Crippen molar-refractivity contribution < 1.29 is 121 Å². The molecule has 1 saturated heterocycles. The van der Waals surface area contributed by atoms with E-state index >= 15 is 9.59 Å².